The highest BCUT2D eigenvalue weighted by Crippen LogP contribution is 2.23. The number of fused-ring (bicyclic) bond motifs is 2. The summed E-state index contributed by atoms with van der Waals surface area (Å²) in [4.78, 5) is 16.5. The molecule has 4 rings (SSSR count). The number of carbonyl (C=O) groups is 1. The summed E-state index contributed by atoms with van der Waals surface area (Å²) in [5.41, 5.74) is 1.50. The van der Waals surface area contributed by atoms with Crippen LogP contribution in [0.25, 0.3) is 21.8 Å². The molecule has 7 nitrogen and oxygen atoms in total. The van der Waals surface area contributed by atoms with Crippen molar-refractivity contribution >= 4 is 33.3 Å². The number of aromatic nitrogens is 5. The summed E-state index contributed by atoms with van der Waals surface area (Å²) in [6, 6.07) is 7.35. The highest BCUT2D eigenvalue weighted by atomic mass is 32.1. The molecule has 0 saturated carbocycles. The van der Waals surface area contributed by atoms with Crippen LogP contribution in [0.1, 0.15) is 10.5 Å². The fraction of sp³-hybridized carbons (Fsp3) is 0. The minimum atomic E-state index is -1.05. The van der Waals surface area contributed by atoms with Crippen molar-refractivity contribution in [2.24, 2.45) is 0 Å². The van der Waals surface area contributed by atoms with Crippen LogP contribution < -0.4 is 0 Å². The molecule has 0 aliphatic carbocycles. The number of benzene rings is 1. The number of para-hydroxylation sites is 1. The number of rotatable bonds is 2. The lowest BCUT2D eigenvalue weighted by atomic mass is 10.3. The first-order chi connectivity index (χ1) is 9.75. The fourth-order valence-corrected chi connectivity index (χ4v) is 2.86. The number of hydrogen-bond acceptors (Lipinski definition) is 5. The second-order valence-corrected chi connectivity index (χ2v) is 5.01. The molecule has 0 bridgehead atoms. The molecule has 8 heteroatoms. The summed E-state index contributed by atoms with van der Waals surface area (Å²) >= 11 is 1.37. The van der Waals surface area contributed by atoms with E-state index < -0.39 is 5.97 Å². The second-order valence-electron chi connectivity index (χ2n) is 4.13. The van der Waals surface area contributed by atoms with Crippen molar-refractivity contribution in [3.05, 3.63) is 41.5 Å². The zero-order valence-corrected chi connectivity index (χ0v) is 10.8. The predicted molar refractivity (Wildman–Crippen MR) is 72.5 cm³/mol. The van der Waals surface area contributed by atoms with E-state index in [-0.39, 0.29) is 11.5 Å². The Morgan fingerprint density at radius 3 is 3.00 bits per heavy atom. The van der Waals surface area contributed by atoms with Gasteiger partial charge in [0.25, 0.3) is 0 Å². The molecule has 0 aliphatic heterocycles. The number of aromatic carboxylic acids is 1. The standard InChI is InChI=1S/C12H7N5O2S/c18-11(19)9-10(13-12-16(9)5-6-20-12)17-8-4-2-1-3-7(8)14-15-17/h1-6H,(H,18,19). The van der Waals surface area contributed by atoms with E-state index in [0.29, 0.717) is 10.5 Å². The Morgan fingerprint density at radius 1 is 1.30 bits per heavy atom. The van der Waals surface area contributed by atoms with Crippen LogP contribution in [-0.4, -0.2) is 35.5 Å². The molecule has 3 aromatic heterocycles. The van der Waals surface area contributed by atoms with E-state index in [1.54, 1.807) is 16.0 Å². The van der Waals surface area contributed by atoms with Crippen LogP contribution in [0.3, 0.4) is 0 Å². The van der Waals surface area contributed by atoms with Crippen molar-refractivity contribution in [3.63, 3.8) is 0 Å². The fourth-order valence-electron chi connectivity index (χ4n) is 2.15. The van der Waals surface area contributed by atoms with Crippen molar-refractivity contribution in [1.82, 2.24) is 24.4 Å². The molecule has 0 fully saturated rings. The highest BCUT2D eigenvalue weighted by Gasteiger charge is 2.22. The van der Waals surface area contributed by atoms with E-state index in [2.05, 4.69) is 15.3 Å². The first-order valence-corrected chi connectivity index (χ1v) is 6.63. The molecule has 20 heavy (non-hydrogen) atoms. The average Bonchev–Trinajstić information content (AvgIpc) is 3.10. The Morgan fingerprint density at radius 2 is 2.15 bits per heavy atom. The van der Waals surface area contributed by atoms with Gasteiger partial charge >= 0.3 is 5.97 Å². The molecule has 1 N–H and O–H groups in total. The minimum absolute atomic E-state index is 0.0805. The quantitative estimate of drug-likeness (QED) is 0.607. The maximum atomic E-state index is 11.5. The average molecular weight is 285 g/mol. The zero-order valence-electron chi connectivity index (χ0n) is 9.96. The van der Waals surface area contributed by atoms with Gasteiger partial charge in [0, 0.05) is 11.6 Å². The molecule has 0 unspecified atom stereocenters. The molecule has 0 atom stereocenters. The molecule has 1 aromatic carbocycles. The summed E-state index contributed by atoms with van der Waals surface area (Å²) in [7, 11) is 0. The van der Waals surface area contributed by atoms with E-state index >= 15 is 0 Å². The maximum Gasteiger partial charge on any atom is 0.356 e. The van der Waals surface area contributed by atoms with Gasteiger partial charge in [-0.1, -0.05) is 17.3 Å². The van der Waals surface area contributed by atoms with E-state index in [9.17, 15) is 9.90 Å². The van der Waals surface area contributed by atoms with Gasteiger partial charge in [0.05, 0.1) is 5.52 Å². The molecule has 98 valence electrons. The topological polar surface area (TPSA) is 85.3 Å². The third-order valence-electron chi connectivity index (χ3n) is 3.00. The largest absolute Gasteiger partial charge is 0.476 e. The summed E-state index contributed by atoms with van der Waals surface area (Å²) in [5, 5.41) is 19.3. The summed E-state index contributed by atoms with van der Waals surface area (Å²) in [6.07, 6.45) is 1.68. The van der Waals surface area contributed by atoms with E-state index in [1.807, 2.05) is 24.3 Å². The molecule has 0 spiro atoms. The van der Waals surface area contributed by atoms with Crippen LogP contribution >= 0.6 is 11.3 Å². The Labute approximate surface area is 115 Å². The lowest BCUT2D eigenvalue weighted by Gasteiger charge is -1.99. The molecule has 0 radical (unpaired) electrons. The van der Waals surface area contributed by atoms with Gasteiger partial charge in [0.2, 0.25) is 0 Å². The minimum Gasteiger partial charge on any atom is -0.476 e. The Hall–Kier alpha value is -2.74. The molecular formula is C12H7N5O2S. The molecule has 0 saturated heterocycles. The van der Waals surface area contributed by atoms with E-state index in [0.717, 1.165) is 5.52 Å². The lowest BCUT2D eigenvalue weighted by Crippen LogP contribution is -2.08. The number of nitrogens with zero attached hydrogens (tertiary/aromatic N) is 5. The molecule has 3 heterocycles. The Kier molecular flexibility index (Phi) is 2.15. The maximum absolute atomic E-state index is 11.5. The first-order valence-electron chi connectivity index (χ1n) is 5.75. The Balaban J connectivity index is 2.09. The summed E-state index contributed by atoms with van der Waals surface area (Å²) in [5.74, 6) is -0.775. The van der Waals surface area contributed by atoms with Gasteiger partial charge in [0.1, 0.15) is 5.52 Å². The predicted octanol–water partition coefficient (Wildman–Crippen LogP) is 1.83. The van der Waals surface area contributed by atoms with Gasteiger partial charge in [-0.25, -0.2) is 4.79 Å². The van der Waals surface area contributed by atoms with Crippen LogP contribution in [0.2, 0.25) is 0 Å². The molecular weight excluding hydrogens is 278 g/mol. The highest BCUT2D eigenvalue weighted by molar-refractivity contribution is 7.15. The third-order valence-corrected chi connectivity index (χ3v) is 3.76. The van der Waals surface area contributed by atoms with Gasteiger partial charge in [-0.3, -0.25) is 4.40 Å². The summed E-state index contributed by atoms with van der Waals surface area (Å²) in [6.45, 7) is 0. The van der Waals surface area contributed by atoms with Crippen molar-refractivity contribution < 1.29 is 9.90 Å². The number of carboxylic acids is 1. The van der Waals surface area contributed by atoms with Gasteiger partial charge in [-0.05, 0) is 12.1 Å². The van der Waals surface area contributed by atoms with Crippen molar-refractivity contribution in [1.29, 1.82) is 0 Å². The van der Waals surface area contributed by atoms with Gasteiger partial charge < -0.3 is 5.11 Å². The number of imidazole rings is 1. The van der Waals surface area contributed by atoms with Crippen molar-refractivity contribution in [2.75, 3.05) is 0 Å². The zero-order chi connectivity index (χ0) is 13.7. The van der Waals surface area contributed by atoms with Crippen molar-refractivity contribution in [3.8, 4) is 5.82 Å². The molecule has 4 aromatic rings. The Bertz CT molecular complexity index is 951. The first kappa shape index (κ1) is 11.1. The molecule has 0 amide bonds. The van der Waals surface area contributed by atoms with E-state index in [1.165, 1.54) is 16.0 Å². The lowest BCUT2D eigenvalue weighted by molar-refractivity contribution is 0.0689. The van der Waals surface area contributed by atoms with E-state index in [4.69, 9.17) is 0 Å². The second kappa shape index (κ2) is 3.87. The number of thiazole rings is 1. The summed E-state index contributed by atoms with van der Waals surface area (Å²) < 4.78 is 3.00. The van der Waals surface area contributed by atoms with Crippen molar-refractivity contribution in [2.45, 2.75) is 0 Å². The van der Waals surface area contributed by atoms with Gasteiger partial charge in [0.15, 0.2) is 16.5 Å². The monoisotopic (exact) mass is 285 g/mol. The molecule has 0 aliphatic rings. The van der Waals surface area contributed by atoms with Crippen LogP contribution in [-0.2, 0) is 0 Å². The van der Waals surface area contributed by atoms with Crippen LogP contribution in [0.15, 0.2) is 35.8 Å². The van der Waals surface area contributed by atoms with Crippen LogP contribution in [0.5, 0.6) is 0 Å². The smallest absolute Gasteiger partial charge is 0.356 e. The van der Waals surface area contributed by atoms with Gasteiger partial charge in [-0.2, -0.15) is 9.67 Å². The van der Waals surface area contributed by atoms with Crippen LogP contribution in [0, 0.1) is 0 Å². The van der Waals surface area contributed by atoms with Crippen LogP contribution in [0.4, 0.5) is 0 Å². The van der Waals surface area contributed by atoms with Gasteiger partial charge in [-0.15, -0.1) is 16.4 Å². The number of hydrogen-bond donors (Lipinski definition) is 1. The number of carboxylic acid groups (broad SMARTS) is 1. The SMILES string of the molecule is O=C(O)c1c(-n2nnc3ccccc32)nc2sccn12. The third kappa shape index (κ3) is 1.39. The normalized spacial score (nSPS) is 11.4.